The molecule has 0 radical (unpaired) electrons. The van der Waals surface area contributed by atoms with Crippen molar-refractivity contribution in [1.29, 1.82) is 0 Å². The number of H-pyrrole nitrogens is 1. The maximum Gasteiger partial charge on any atom is 0.222 e. The first-order valence-corrected chi connectivity index (χ1v) is 7.25. The van der Waals surface area contributed by atoms with Crippen LogP contribution in [0.3, 0.4) is 0 Å². The van der Waals surface area contributed by atoms with E-state index >= 15 is 0 Å². The second-order valence-electron chi connectivity index (χ2n) is 5.50. The molecule has 2 heterocycles. The summed E-state index contributed by atoms with van der Waals surface area (Å²) in [6.07, 6.45) is 4.61. The Morgan fingerprint density at radius 2 is 2.25 bits per heavy atom. The minimum atomic E-state index is -0.346. The molecule has 0 aliphatic carbocycles. The average molecular weight is 272 g/mol. The first-order chi connectivity index (χ1) is 9.74. The Labute approximate surface area is 118 Å². The number of benzene rings is 1. The fourth-order valence-corrected chi connectivity index (χ4v) is 2.92. The van der Waals surface area contributed by atoms with Crippen molar-refractivity contribution in [3.63, 3.8) is 0 Å². The SMILES string of the molecule is O=C(CCc1c[nH]c2ccccc12)N1CCCC(O)C1. The van der Waals surface area contributed by atoms with Gasteiger partial charge in [0.05, 0.1) is 6.10 Å². The van der Waals surface area contributed by atoms with E-state index in [1.54, 1.807) is 4.90 Å². The van der Waals surface area contributed by atoms with E-state index in [0.717, 1.165) is 31.3 Å². The molecular formula is C16H20N2O2. The highest BCUT2D eigenvalue weighted by Gasteiger charge is 2.21. The number of rotatable bonds is 3. The minimum absolute atomic E-state index is 0.147. The van der Waals surface area contributed by atoms with Crippen LogP contribution in [0.15, 0.2) is 30.5 Å². The van der Waals surface area contributed by atoms with Gasteiger partial charge in [-0.3, -0.25) is 4.79 Å². The van der Waals surface area contributed by atoms with Crippen LogP contribution in [-0.4, -0.2) is 40.1 Å². The second-order valence-corrected chi connectivity index (χ2v) is 5.50. The van der Waals surface area contributed by atoms with Gasteiger partial charge < -0.3 is 15.0 Å². The smallest absolute Gasteiger partial charge is 0.222 e. The molecular weight excluding hydrogens is 252 g/mol. The number of para-hydroxylation sites is 1. The van der Waals surface area contributed by atoms with E-state index < -0.39 is 0 Å². The molecule has 4 heteroatoms. The zero-order chi connectivity index (χ0) is 13.9. The third-order valence-electron chi connectivity index (χ3n) is 4.03. The highest BCUT2D eigenvalue weighted by atomic mass is 16.3. The van der Waals surface area contributed by atoms with E-state index in [9.17, 15) is 9.90 Å². The van der Waals surface area contributed by atoms with Crippen LogP contribution in [0, 0.1) is 0 Å². The average Bonchev–Trinajstić information content (AvgIpc) is 2.88. The Bertz CT molecular complexity index is 605. The molecule has 0 spiro atoms. The summed E-state index contributed by atoms with van der Waals surface area (Å²) in [7, 11) is 0. The molecule has 1 aliphatic rings. The van der Waals surface area contributed by atoms with Gasteiger partial charge >= 0.3 is 0 Å². The molecule has 1 amide bonds. The van der Waals surface area contributed by atoms with Crippen LogP contribution in [0.5, 0.6) is 0 Å². The summed E-state index contributed by atoms with van der Waals surface area (Å²) in [6, 6.07) is 8.14. The number of β-amino-alcohol motifs (C(OH)–C–C–N with tert-alkyl or cyclic N) is 1. The molecule has 1 atom stereocenters. The van der Waals surface area contributed by atoms with Gasteiger partial charge in [-0.1, -0.05) is 18.2 Å². The van der Waals surface area contributed by atoms with E-state index in [0.29, 0.717) is 13.0 Å². The zero-order valence-electron chi connectivity index (χ0n) is 11.5. The van der Waals surface area contributed by atoms with Crippen molar-refractivity contribution in [2.45, 2.75) is 31.8 Å². The number of carbonyl (C=O) groups excluding carboxylic acids is 1. The summed E-state index contributed by atoms with van der Waals surface area (Å²) in [5, 5.41) is 10.8. The van der Waals surface area contributed by atoms with Crippen LogP contribution in [0.4, 0.5) is 0 Å². The number of aromatic amines is 1. The van der Waals surface area contributed by atoms with Crippen LogP contribution < -0.4 is 0 Å². The van der Waals surface area contributed by atoms with Gasteiger partial charge in [-0.25, -0.2) is 0 Å². The topological polar surface area (TPSA) is 56.3 Å². The molecule has 1 unspecified atom stereocenters. The highest BCUT2D eigenvalue weighted by molar-refractivity contribution is 5.84. The molecule has 3 rings (SSSR count). The fourth-order valence-electron chi connectivity index (χ4n) is 2.92. The number of nitrogens with zero attached hydrogens (tertiary/aromatic N) is 1. The summed E-state index contributed by atoms with van der Waals surface area (Å²) < 4.78 is 0. The molecule has 0 saturated carbocycles. The standard InChI is InChI=1S/C16H20N2O2/c19-13-4-3-9-18(11-13)16(20)8-7-12-10-17-15-6-2-1-5-14(12)15/h1-2,5-6,10,13,17,19H,3-4,7-9,11H2. The van der Waals surface area contributed by atoms with Crippen molar-refractivity contribution in [2.24, 2.45) is 0 Å². The number of aliphatic hydroxyl groups excluding tert-OH is 1. The van der Waals surface area contributed by atoms with E-state index in [1.807, 2.05) is 24.4 Å². The number of hydrogen-bond acceptors (Lipinski definition) is 2. The molecule has 1 saturated heterocycles. The molecule has 2 N–H and O–H groups in total. The molecule has 2 aromatic rings. The van der Waals surface area contributed by atoms with Crippen molar-refractivity contribution in [1.82, 2.24) is 9.88 Å². The third kappa shape index (κ3) is 2.70. The lowest BCUT2D eigenvalue weighted by Crippen LogP contribution is -2.42. The van der Waals surface area contributed by atoms with Crippen molar-refractivity contribution >= 4 is 16.8 Å². The number of likely N-dealkylation sites (tertiary alicyclic amines) is 1. The number of hydrogen-bond donors (Lipinski definition) is 2. The van der Waals surface area contributed by atoms with Gasteiger partial charge in [-0.15, -0.1) is 0 Å². The molecule has 20 heavy (non-hydrogen) atoms. The Morgan fingerprint density at radius 3 is 3.10 bits per heavy atom. The first kappa shape index (κ1) is 13.2. The number of aromatic nitrogens is 1. The largest absolute Gasteiger partial charge is 0.391 e. The van der Waals surface area contributed by atoms with Crippen molar-refractivity contribution < 1.29 is 9.90 Å². The summed E-state index contributed by atoms with van der Waals surface area (Å²) in [6.45, 7) is 1.27. The molecule has 1 fully saturated rings. The number of aryl methyl sites for hydroxylation is 1. The monoisotopic (exact) mass is 272 g/mol. The third-order valence-corrected chi connectivity index (χ3v) is 4.03. The predicted octanol–water partition coefficient (Wildman–Crippen LogP) is 2.08. The molecule has 1 aliphatic heterocycles. The number of aliphatic hydroxyl groups is 1. The lowest BCUT2D eigenvalue weighted by Gasteiger charge is -2.30. The first-order valence-electron chi connectivity index (χ1n) is 7.25. The zero-order valence-corrected chi connectivity index (χ0v) is 11.5. The summed E-state index contributed by atoms with van der Waals surface area (Å²) >= 11 is 0. The number of piperidine rings is 1. The van der Waals surface area contributed by atoms with Gasteiger partial charge in [0.25, 0.3) is 0 Å². The fraction of sp³-hybridized carbons (Fsp3) is 0.438. The van der Waals surface area contributed by atoms with Crippen LogP contribution in [0.1, 0.15) is 24.8 Å². The van der Waals surface area contributed by atoms with Crippen LogP contribution >= 0.6 is 0 Å². The van der Waals surface area contributed by atoms with Gasteiger partial charge in [0.15, 0.2) is 0 Å². The van der Waals surface area contributed by atoms with Crippen molar-refractivity contribution in [2.75, 3.05) is 13.1 Å². The molecule has 0 bridgehead atoms. The van der Waals surface area contributed by atoms with E-state index in [2.05, 4.69) is 11.1 Å². The van der Waals surface area contributed by atoms with Crippen LogP contribution in [-0.2, 0) is 11.2 Å². The summed E-state index contributed by atoms with van der Waals surface area (Å²) in [4.78, 5) is 17.2. The van der Waals surface area contributed by atoms with Gasteiger partial charge in [0.2, 0.25) is 5.91 Å². The van der Waals surface area contributed by atoms with Gasteiger partial charge in [0.1, 0.15) is 0 Å². The molecule has 1 aromatic heterocycles. The predicted molar refractivity (Wildman–Crippen MR) is 78.4 cm³/mol. The molecule has 106 valence electrons. The maximum absolute atomic E-state index is 12.2. The Balaban J connectivity index is 1.63. The Hall–Kier alpha value is -1.81. The summed E-state index contributed by atoms with van der Waals surface area (Å²) in [5.74, 6) is 0.147. The minimum Gasteiger partial charge on any atom is -0.391 e. The van der Waals surface area contributed by atoms with E-state index in [-0.39, 0.29) is 12.0 Å². The Morgan fingerprint density at radius 1 is 1.40 bits per heavy atom. The number of fused-ring (bicyclic) bond motifs is 1. The molecule has 1 aromatic carbocycles. The van der Waals surface area contributed by atoms with Crippen molar-refractivity contribution in [3.05, 3.63) is 36.0 Å². The number of nitrogens with one attached hydrogen (secondary N) is 1. The quantitative estimate of drug-likeness (QED) is 0.899. The van der Waals surface area contributed by atoms with Crippen LogP contribution in [0.2, 0.25) is 0 Å². The van der Waals surface area contributed by atoms with Gasteiger partial charge in [0, 0.05) is 36.6 Å². The summed E-state index contributed by atoms with van der Waals surface area (Å²) in [5.41, 5.74) is 2.30. The number of amides is 1. The van der Waals surface area contributed by atoms with E-state index in [4.69, 9.17) is 0 Å². The molecule has 4 nitrogen and oxygen atoms in total. The van der Waals surface area contributed by atoms with E-state index in [1.165, 1.54) is 10.9 Å². The maximum atomic E-state index is 12.2. The van der Waals surface area contributed by atoms with Gasteiger partial charge in [-0.2, -0.15) is 0 Å². The highest BCUT2D eigenvalue weighted by Crippen LogP contribution is 2.20. The lowest BCUT2D eigenvalue weighted by molar-refractivity contribution is -0.134. The Kier molecular flexibility index (Phi) is 3.74. The second kappa shape index (κ2) is 5.67. The lowest BCUT2D eigenvalue weighted by atomic mass is 10.1. The normalized spacial score (nSPS) is 19.4. The number of carbonyl (C=O) groups is 1. The van der Waals surface area contributed by atoms with Crippen molar-refractivity contribution in [3.8, 4) is 0 Å². The van der Waals surface area contributed by atoms with Gasteiger partial charge in [-0.05, 0) is 30.9 Å². The van der Waals surface area contributed by atoms with Crippen LogP contribution in [0.25, 0.3) is 10.9 Å².